The van der Waals surface area contributed by atoms with Crippen molar-refractivity contribution >= 4 is 45.9 Å². The van der Waals surface area contributed by atoms with Crippen LogP contribution in [-0.2, 0) is 11.3 Å². The van der Waals surface area contributed by atoms with Crippen LogP contribution < -0.4 is 4.90 Å². The Morgan fingerprint density at radius 1 is 1.12 bits per heavy atom. The Balaban J connectivity index is 1.78. The van der Waals surface area contributed by atoms with Crippen LogP contribution in [0, 0.1) is 5.82 Å². The minimum Gasteiger partial charge on any atom is -0.305 e. The summed E-state index contributed by atoms with van der Waals surface area (Å²) in [5.74, 6) is -0.562. The fraction of sp³-hybridized carbons (Fsp3) is 0.100. The summed E-state index contributed by atoms with van der Waals surface area (Å²) in [5.41, 5.74) is 2.37. The van der Waals surface area contributed by atoms with Crippen LogP contribution in [0.2, 0.25) is 5.02 Å². The van der Waals surface area contributed by atoms with Crippen molar-refractivity contribution in [2.75, 3.05) is 4.90 Å². The maximum atomic E-state index is 14.3. The molecule has 0 atom stereocenters. The highest BCUT2D eigenvalue weighted by atomic mass is 35.5. The van der Waals surface area contributed by atoms with Gasteiger partial charge in [0.15, 0.2) is 0 Å². The molecule has 1 aromatic heterocycles. The van der Waals surface area contributed by atoms with Crippen molar-refractivity contribution in [3.8, 4) is 0 Å². The van der Waals surface area contributed by atoms with Gasteiger partial charge in [-0.1, -0.05) is 35.9 Å². The predicted molar refractivity (Wildman–Crippen MR) is 104 cm³/mol. The highest BCUT2D eigenvalue weighted by molar-refractivity contribution is 7.12. The number of carbonyl (C=O) groups excluding carboxylic acids is 1. The Hall–Kier alpha value is -2.50. The van der Waals surface area contributed by atoms with Gasteiger partial charge >= 0.3 is 0 Å². The third-order valence-electron chi connectivity index (χ3n) is 4.23. The lowest BCUT2D eigenvalue weighted by Crippen LogP contribution is -2.31. The lowest BCUT2D eigenvalue weighted by Gasteiger charge is -2.23. The Kier molecular flexibility index (Phi) is 4.57. The van der Waals surface area contributed by atoms with Gasteiger partial charge in [0.1, 0.15) is 5.82 Å². The smallest absolute Gasteiger partial charge is 0.233 e. The zero-order valence-corrected chi connectivity index (χ0v) is 15.2. The van der Waals surface area contributed by atoms with Gasteiger partial charge in [0.25, 0.3) is 0 Å². The molecule has 0 N–H and O–H groups in total. The number of amides is 1. The average Bonchev–Trinajstić information content (AvgIpc) is 3.12. The van der Waals surface area contributed by atoms with E-state index in [2.05, 4.69) is 0 Å². The summed E-state index contributed by atoms with van der Waals surface area (Å²) >= 11 is 7.71. The van der Waals surface area contributed by atoms with Gasteiger partial charge in [0, 0.05) is 15.5 Å². The first kappa shape index (κ1) is 16.9. The lowest BCUT2D eigenvalue weighted by molar-refractivity contribution is -0.117. The van der Waals surface area contributed by atoms with Gasteiger partial charge < -0.3 is 4.90 Å². The number of halogens is 2. The Morgan fingerprint density at radius 3 is 2.73 bits per heavy atom. The molecule has 2 heterocycles. The van der Waals surface area contributed by atoms with Gasteiger partial charge in [-0.15, -0.1) is 11.3 Å². The van der Waals surface area contributed by atoms with Crippen molar-refractivity contribution in [1.82, 2.24) is 0 Å². The number of anilines is 1. The molecule has 0 saturated carbocycles. The van der Waals surface area contributed by atoms with Gasteiger partial charge in [-0.25, -0.2) is 9.38 Å². The van der Waals surface area contributed by atoms with E-state index < -0.39 is 5.82 Å². The summed E-state index contributed by atoms with van der Waals surface area (Å²) in [6, 6.07) is 15.8. The first-order valence-electron chi connectivity index (χ1n) is 8.07. The van der Waals surface area contributed by atoms with E-state index in [-0.39, 0.29) is 18.9 Å². The van der Waals surface area contributed by atoms with E-state index in [1.807, 2.05) is 41.8 Å². The molecule has 4 rings (SSSR count). The molecular weight excluding hydrogens is 371 g/mol. The summed E-state index contributed by atoms with van der Waals surface area (Å²) < 4.78 is 14.3. The molecule has 26 heavy (non-hydrogen) atoms. The van der Waals surface area contributed by atoms with E-state index in [9.17, 15) is 9.18 Å². The molecule has 0 bridgehead atoms. The topological polar surface area (TPSA) is 32.7 Å². The first-order valence-corrected chi connectivity index (χ1v) is 9.33. The van der Waals surface area contributed by atoms with Crippen LogP contribution in [-0.4, -0.2) is 11.6 Å². The second-order valence-electron chi connectivity index (χ2n) is 5.88. The highest BCUT2D eigenvalue weighted by Crippen LogP contribution is 2.35. The minimum atomic E-state index is -0.425. The summed E-state index contributed by atoms with van der Waals surface area (Å²) in [7, 11) is 0. The molecule has 0 spiro atoms. The van der Waals surface area contributed by atoms with Gasteiger partial charge in [0.05, 0.1) is 30.1 Å². The van der Waals surface area contributed by atoms with E-state index in [1.54, 1.807) is 28.4 Å². The van der Waals surface area contributed by atoms with E-state index in [1.165, 1.54) is 6.07 Å². The minimum absolute atomic E-state index is 0.0641. The van der Waals surface area contributed by atoms with E-state index >= 15 is 0 Å². The van der Waals surface area contributed by atoms with E-state index in [0.717, 1.165) is 10.6 Å². The molecule has 0 radical (unpaired) electrons. The van der Waals surface area contributed by atoms with Crippen molar-refractivity contribution in [2.24, 2.45) is 4.99 Å². The Bertz CT molecular complexity index is 981. The quantitative estimate of drug-likeness (QED) is 0.578. The van der Waals surface area contributed by atoms with E-state index in [4.69, 9.17) is 16.6 Å². The van der Waals surface area contributed by atoms with Crippen LogP contribution >= 0.6 is 22.9 Å². The second kappa shape index (κ2) is 7.02. The molecule has 2 aromatic carbocycles. The molecule has 0 saturated heterocycles. The molecule has 6 heteroatoms. The van der Waals surface area contributed by atoms with E-state index in [0.29, 0.717) is 22.0 Å². The van der Waals surface area contributed by atoms with Crippen molar-refractivity contribution < 1.29 is 9.18 Å². The Labute approximate surface area is 159 Å². The van der Waals surface area contributed by atoms with Crippen molar-refractivity contribution in [3.05, 3.63) is 81.3 Å². The molecule has 130 valence electrons. The normalized spacial score (nSPS) is 14.0. The fourth-order valence-electron chi connectivity index (χ4n) is 2.94. The number of nitrogens with zero attached hydrogens (tertiary/aromatic N) is 2. The molecule has 0 fully saturated rings. The number of thiophene rings is 1. The molecule has 1 aliphatic heterocycles. The maximum Gasteiger partial charge on any atom is 0.233 e. The largest absolute Gasteiger partial charge is 0.305 e. The maximum absolute atomic E-state index is 14.3. The average molecular weight is 385 g/mol. The predicted octanol–water partition coefficient (Wildman–Crippen LogP) is 5.60. The molecule has 1 amide bonds. The number of para-hydroxylation sites is 2. The van der Waals surface area contributed by atoms with Crippen molar-refractivity contribution in [1.29, 1.82) is 0 Å². The molecule has 3 aromatic rings. The van der Waals surface area contributed by atoms with Crippen molar-refractivity contribution in [2.45, 2.75) is 13.0 Å². The molecule has 0 aliphatic carbocycles. The zero-order valence-electron chi connectivity index (χ0n) is 13.7. The van der Waals surface area contributed by atoms with Crippen LogP contribution in [0.25, 0.3) is 0 Å². The first-order chi connectivity index (χ1) is 12.6. The lowest BCUT2D eigenvalue weighted by atomic mass is 10.1. The number of carbonyl (C=O) groups is 1. The standard InChI is InChI=1S/C20H14ClFN2OS/c21-14-5-3-6-15(22)13(14)12-24-18-8-2-1-7-16(18)23-17(11-20(24)25)19-9-4-10-26-19/h1-10H,11-12H2. The SMILES string of the molecule is O=C1CC(c2cccs2)=Nc2ccccc2N1Cc1c(F)cccc1Cl. The van der Waals surface area contributed by atoms with Gasteiger partial charge in [-0.2, -0.15) is 0 Å². The third-order valence-corrected chi connectivity index (χ3v) is 5.50. The van der Waals surface area contributed by atoms with Crippen LogP contribution in [0.15, 0.2) is 65.0 Å². The second-order valence-corrected chi connectivity index (χ2v) is 7.24. The van der Waals surface area contributed by atoms with Gasteiger partial charge in [0.2, 0.25) is 5.91 Å². The summed E-state index contributed by atoms with van der Waals surface area (Å²) in [5, 5.41) is 2.26. The highest BCUT2D eigenvalue weighted by Gasteiger charge is 2.26. The Morgan fingerprint density at radius 2 is 1.96 bits per heavy atom. The molecular formula is C20H14ClFN2OS. The number of hydrogen-bond donors (Lipinski definition) is 0. The molecule has 0 unspecified atom stereocenters. The number of benzene rings is 2. The zero-order chi connectivity index (χ0) is 18.1. The monoisotopic (exact) mass is 384 g/mol. The number of aliphatic imine (C=N–C) groups is 1. The number of rotatable bonds is 3. The molecule has 1 aliphatic rings. The van der Waals surface area contributed by atoms with Crippen LogP contribution in [0.4, 0.5) is 15.8 Å². The summed E-state index contributed by atoms with van der Waals surface area (Å²) in [4.78, 5) is 20.2. The summed E-state index contributed by atoms with van der Waals surface area (Å²) in [6.45, 7) is 0.0641. The van der Waals surface area contributed by atoms with Crippen LogP contribution in [0.5, 0.6) is 0 Å². The van der Waals surface area contributed by atoms with Crippen molar-refractivity contribution in [3.63, 3.8) is 0 Å². The number of hydrogen-bond acceptors (Lipinski definition) is 3. The third kappa shape index (κ3) is 3.16. The van der Waals surface area contributed by atoms with Crippen LogP contribution in [0.1, 0.15) is 16.9 Å². The summed E-state index contributed by atoms with van der Waals surface area (Å²) in [6.07, 6.45) is 0.154. The fourth-order valence-corrected chi connectivity index (χ4v) is 3.88. The van der Waals surface area contributed by atoms with Crippen LogP contribution in [0.3, 0.4) is 0 Å². The number of fused-ring (bicyclic) bond motifs is 1. The van der Waals surface area contributed by atoms with Gasteiger partial charge in [-0.05, 0) is 35.7 Å². The van der Waals surface area contributed by atoms with Gasteiger partial charge in [-0.3, -0.25) is 4.79 Å². The molecule has 3 nitrogen and oxygen atoms in total.